The first kappa shape index (κ1) is 24.8. The number of ether oxygens (including phenoxy) is 1. The number of nitrogens with one attached hydrogen (secondary N) is 3. The zero-order valence-electron chi connectivity index (χ0n) is 18.1. The first-order valence-corrected chi connectivity index (χ1v) is 12.6. The van der Waals surface area contributed by atoms with Crippen molar-refractivity contribution in [3.8, 4) is 0 Å². The molecule has 1 atom stereocenters. The molecule has 0 unspecified atom stereocenters. The van der Waals surface area contributed by atoms with Crippen molar-refractivity contribution in [2.75, 3.05) is 56.6 Å². The summed E-state index contributed by atoms with van der Waals surface area (Å²) >= 11 is 3.38. The molecule has 12 heteroatoms. The van der Waals surface area contributed by atoms with Gasteiger partial charge in [-0.2, -0.15) is 4.98 Å². The second-order valence-corrected chi connectivity index (χ2v) is 10.2. The Kier molecular flexibility index (Phi) is 8.79. The summed E-state index contributed by atoms with van der Waals surface area (Å²) in [6.45, 7) is 7.46. The summed E-state index contributed by atoms with van der Waals surface area (Å²) < 4.78 is 34.5. The lowest BCUT2D eigenvalue weighted by Gasteiger charge is -2.26. The number of anilines is 3. The van der Waals surface area contributed by atoms with Gasteiger partial charge in [0.2, 0.25) is 16.0 Å². The lowest BCUT2D eigenvalue weighted by molar-refractivity contribution is 0.0390. The van der Waals surface area contributed by atoms with Gasteiger partial charge in [-0.25, -0.2) is 18.1 Å². The van der Waals surface area contributed by atoms with E-state index in [1.54, 1.807) is 31.3 Å². The van der Waals surface area contributed by atoms with Gasteiger partial charge >= 0.3 is 0 Å². The van der Waals surface area contributed by atoms with Crippen LogP contribution in [0.5, 0.6) is 0 Å². The van der Waals surface area contributed by atoms with E-state index in [9.17, 15) is 13.5 Å². The molecule has 0 radical (unpaired) electrons. The molecule has 32 heavy (non-hydrogen) atoms. The molecule has 4 N–H and O–H groups in total. The van der Waals surface area contributed by atoms with Crippen LogP contribution < -0.4 is 15.4 Å². The third-order valence-electron chi connectivity index (χ3n) is 4.96. The minimum Gasteiger partial charge on any atom is -0.394 e. The second-order valence-electron chi connectivity index (χ2n) is 7.58. The minimum atomic E-state index is -3.68. The molecule has 176 valence electrons. The Labute approximate surface area is 197 Å². The van der Waals surface area contributed by atoms with E-state index in [2.05, 4.69) is 46.2 Å². The highest BCUT2D eigenvalue weighted by Crippen LogP contribution is 2.25. The number of aromatic nitrogens is 2. The van der Waals surface area contributed by atoms with Gasteiger partial charge < -0.3 is 20.5 Å². The zero-order chi connectivity index (χ0) is 23.1. The van der Waals surface area contributed by atoms with Crippen LogP contribution in [0.15, 0.2) is 33.8 Å². The summed E-state index contributed by atoms with van der Waals surface area (Å²) in [6.07, 6.45) is 1.58. The van der Waals surface area contributed by atoms with E-state index in [0.29, 0.717) is 53.8 Å². The predicted molar refractivity (Wildman–Crippen MR) is 127 cm³/mol. The smallest absolute Gasteiger partial charge is 0.240 e. The summed E-state index contributed by atoms with van der Waals surface area (Å²) in [7, 11) is -3.68. The molecule has 1 aliphatic rings. The minimum absolute atomic E-state index is 0.0447. The molecule has 1 saturated heterocycles. The van der Waals surface area contributed by atoms with E-state index in [4.69, 9.17) is 4.74 Å². The molecular formula is C20H29BrN6O4S. The highest BCUT2D eigenvalue weighted by molar-refractivity contribution is 9.10. The number of hydrogen-bond donors (Lipinski definition) is 4. The summed E-state index contributed by atoms with van der Waals surface area (Å²) in [6, 6.07) is 4.90. The van der Waals surface area contributed by atoms with Gasteiger partial charge in [0, 0.05) is 44.1 Å². The van der Waals surface area contributed by atoms with Gasteiger partial charge in [-0.05, 0) is 47.5 Å². The highest BCUT2D eigenvalue weighted by atomic mass is 79.9. The maximum Gasteiger partial charge on any atom is 0.240 e. The maximum absolute atomic E-state index is 12.9. The van der Waals surface area contributed by atoms with Gasteiger partial charge in [-0.15, -0.1) is 0 Å². The van der Waals surface area contributed by atoms with Crippen molar-refractivity contribution in [1.29, 1.82) is 0 Å². The van der Waals surface area contributed by atoms with Crippen LogP contribution >= 0.6 is 15.9 Å². The lowest BCUT2D eigenvalue weighted by atomic mass is 10.2. The standard InChI is InChI=1S/C20H29BrN6O4S/c1-14-3-4-16(25-20-22-12-17(21)19(26-20)24-15(2)13-28)11-18(14)32(29,30)23-5-6-27-7-9-31-10-8-27/h3-4,11-12,15,23,28H,5-10,13H2,1-2H3,(H2,22,24,25,26)/t15-/m1/s1. The number of aliphatic hydroxyl groups excluding tert-OH is 1. The average molecular weight is 529 g/mol. The van der Waals surface area contributed by atoms with E-state index in [1.807, 2.05) is 6.92 Å². The van der Waals surface area contributed by atoms with Gasteiger partial charge in [-0.1, -0.05) is 6.07 Å². The molecular weight excluding hydrogens is 500 g/mol. The van der Waals surface area contributed by atoms with Crippen molar-refractivity contribution in [3.05, 3.63) is 34.4 Å². The quantitative estimate of drug-likeness (QED) is 0.364. The Morgan fingerprint density at radius 3 is 2.78 bits per heavy atom. The van der Waals surface area contributed by atoms with Crippen molar-refractivity contribution in [2.45, 2.75) is 24.8 Å². The van der Waals surface area contributed by atoms with E-state index >= 15 is 0 Å². The highest BCUT2D eigenvalue weighted by Gasteiger charge is 2.19. The SMILES string of the molecule is Cc1ccc(Nc2ncc(Br)c(N[C@H](C)CO)n2)cc1S(=O)(=O)NCCN1CCOCC1. The van der Waals surface area contributed by atoms with Crippen LogP contribution in [0.2, 0.25) is 0 Å². The molecule has 1 fully saturated rings. The molecule has 0 saturated carbocycles. The van der Waals surface area contributed by atoms with E-state index < -0.39 is 10.0 Å². The number of sulfonamides is 1. The fraction of sp³-hybridized carbons (Fsp3) is 0.500. The summed E-state index contributed by atoms with van der Waals surface area (Å²) in [5, 5.41) is 15.4. The average Bonchev–Trinajstić information content (AvgIpc) is 2.77. The fourth-order valence-corrected chi connectivity index (χ4v) is 4.74. The molecule has 0 bridgehead atoms. The summed E-state index contributed by atoms with van der Waals surface area (Å²) in [5.41, 5.74) is 1.19. The maximum atomic E-state index is 12.9. The third-order valence-corrected chi connectivity index (χ3v) is 7.14. The fourth-order valence-electron chi connectivity index (χ4n) is 3.14. The number of morpholine rings is 1. The lowest BCUT2D eigenvalue weighted by Crippen LogP contribution is -2.41. The largest absolute Gasteiger partial charge is 0.394 e. The summed E-state index contributed by atoms with van der Waals surface area (Å²) in [5.74, 6) is 0.821. The number of hydrogen-bond acceptors (Lipinski definition) is 9. The van der Waals surface area contributed by atoms with Crippen molar-refractivity contribution in [3.63, 3.8) is 0 Å². The molecule has 10 nitrogen and oxygen atoms in total. The third kappa shape index (κ3) is 6.83. The van der Waals surface area contributed by atoms with Crippen LogP contribution in [0.25, 0.3) is 0 Å². The zero-order valence-corrected chi connectivity index (χ0v) is 20.5. The van der Waals surface area contributed by atoms with Gasteiger partial charge in [0.15, 0.2) is 0 Å². The number of benzene rings is 1. The first-order chi connectivity index (χ1) is 15.3. The Morgan fingerprint density at radius 2 is 2.06 bits per heavy atom. The van der Waals surface area contributed by atoms with Crippen LogP contribution in [0.1, 0.15) is 12.5 Å². The molecule has 0 aliphatic carbocycles. The number of aryl methyl sites for hydroxylation is 1. The van der Waals surface area contributed by atoms with Gasteiger partial charge in [0.25, 0.3) is 0 Å². The molecule has 3 rings (SSSR count). The van der Waals surface area contributed by atoms with Crippen LogP contribution in [0.3, 0.4) is 0 Å². The van der Waals surface area contributed by atoms with Gasteiger partial charge in [0.1, 0.15) is 5.82 Å². The van der Waals surface area contributed by atoms with Gasteiger partial charge in [0.05, 0.1) is 29.2 Å². The van der Waals surface area contributed by atoms with Crippen LogP contribution in [-0.4, -0.2) is 80.4 Å². The second kappa shape index (κ2) is 11.3. The van der Waals surface area contributed by atoms with Crippen LogP contribution in [0, 0.1) is 6.92 Å². The van der Waals surface area contributed by atoms with E-state index in [-0.39, 0.29) is 17.5 Å². The number of halogens is 1. The Morgan fingerprint density at radius 1 is 1.31 bits per heavy atom. The Bertz CT molecular complexity index is 1020. The molecule has 1 aromatic carbocycles. The van der Waals surface area contributed by atoms with Crippen molar-refractivity contribution >= 4 is 43.4 Å². The molecule has 1 aliphatic heterocycles. The van der Waals surface area contributed by atoms with Crippen molar-refractivity contribution < 1.29 is 18.3 Å². The normalized spacial score (nSPS) is 16.0. The molecule has 0 amide bonds. The van der Waals surface area contributed by atoms with Gasteiger partial charge in [-0.3, -0.25) is 4.90 Å². The molecule has 1 aromatic heterocycles. The number of nitrogens with zero attached hydrogens (tertiary/aromatic N) is 3. The first-order valence-electron chi connectivity index (χ1n) is 10.4. The monoisotopic (exact) mass is 528 g/mol. The van der Waals surface area contributed by atoms with Crippen LogP contribution in [0.4, 0.5) is 17.5 Å². The molecule has 2 aromatic rings. The van der Waals surface area contributed by atoms with E-state index in [0.717, 1.165) is 13.1 Å². The number of aliphatic hydroxyl groups is 1. The van der Waals surface area contributed by atoms with E-state index in [1.165, 1.54) is 0 Å². The number of rotatable bonds is 10. The molecule has 0 spiro atoms. The van der Waals surface area contributed by atoms with Crippen molar-refractivity contribution in [2.24, 2.45) is 0 Å². The predicted octanol–water partition coefficient (Wildman–Crippen LogP) is 1.69. The molecule has 2 heterocycles. The van der Waals surface area contributed by atoms with Crippen molar-refractivity contribution in [1.82, 2.24) is 19.6 Å². The summed E-state index contributed by atoms with van der Waals surface area (Å²) in [4.78, 5) is 11.0. The Hall–Kier alpha value is -1.83. The topological polar surface area (TPSA) is 129 Å². The van der Waals surface area contributed by atoms with Crippen LogP contribution in [-0.2, 0) is 14.8 Å². The Balaban J connectivity index is 1.70.